The van der Waals surface area contributed by atoms with Gasteiger partial charge in [0.2, 0.25) is 0 Å². The summed E-state index contributed by atoms with van der Waals surface area (Å²) in [5.41, 5.74) is -0.443. The van der Waals surface area contributed by atoms with Crippen LogP contribution >= 0.6 is 11.6 Å². The van der Waals surface area contributed by atoms with Crippen LogP contribution in [0.25, 0.3) is 0 Å². The highest BCUT2D eigenvalue weighted by Gasteiger charge is 2.20. The Labute approximate surface area is 102 Å². The molecule has 1 aromatic carbocycles. The van der Waals surface area contributed by atoms with Crippen LogP contribution in [0.4, 0.5) is 8.78 Å². The summed E-state index contributed by atoms with van der Waals surface area (Å²) in [5, 5.41) is 8.74. The Bertz CT molecular complexity index is 483. The number of methoxy groups -OCH3 is 1. The Hall–Kier alpha value is -1.67. The van der Waals surface area contributed by atoms with Crippen molar-refractivity contribution in [1.82, 2.24) is 0 Å². The lowest BCUT2D eigenvalue weighted by molar-refractivity contribution is 0.0599. The minimum absolute atomic E-state index is 0.0310. The number of nitriles is 1. The molecule has 0 atom stereocenters. The number of carbonyl (C=O) groups is 1. The number of rotatable bonds is 3. The van der Waals surface area contributed by atoms with E-state index in [1.807, 2.05) is 0 Å². The molecule has 0 aromatic heterocycles. The molecule has 0 saturated heterocycles. The van der Waals surface area contributed by atoms with Gasteiger partial charge in [0.25, 0.3) is 6.43 Å². The predicted molar refractivity (Wildman–Crippen MR) is 57.0 cm³/mol. The van der Waals surface area contributed by atoms with Crippen molar-refractivity contribution in [2.45, 2.75) is 12.3 Å². The number of nitrogens with zero attached hydrogens (tertiary/aromatic N) is 1. The van der Waals surface area contributed by atoms with Gasteiger partial charge in [0, 0.05) is 11.4 Å². The van der Waals surface area contributed by atoms with Crippen molar-refractivity contribution in [2.24, 2.45) is 0 Å². The van der Waals surface area contributed by atoms with Crippen molar-refractivity contribution in [2.75, 3.05) is 7.11 Å². The Morgan fingerprint density at radius 2 is 2.24 bits per heavy atom. The third-order valence-electron chi connectivity index (χ3n) is 2.18. The predicted octanol–water partition coefficient (Wildman–Crippen LogP) is 3.02. The quantitative estimate of drug-likeness (QED) is 0.619. The number of carbonyl (C=O) groups excluding carboxylic acids is 1. The molecular weight excluding hydrogens is 252 g/mol. The largest absolute Gasteiger partial charge is 0.465 e. The zero-order valence-electron chi connectivity index (χ0n) is 8.84. The molecule has 3 nitrogen and oxygen atoms in total. The summed E-state index contributed by atoms with van der Waals surface area (Å²) >= 11 is 5.57. The first-order valence-corrected chi connectivity index (χ1v) is 5.08. The summed E-state index contributed by atoms with van der Waals surface area (Å²) in [5.74, 6) is -0.825. The average Bonchev–Trinajstić information content (AvgIpc) is 2.35. The van der Waals surface area contributed by atoms with E-state index in [-0.39, 0.29) is 22.6 Å². The molecule has 0 heterocycles. The smallest absolute Gasteiger partial charge is 0.338 e. The number of ether oxygens (including phenoxy) is 1. The minimum atomic E-state index is -2.79. The SMILES string of the molecule is COC(=O)c1cc(C#N)c(C(F)F)cc1CCl. The molecule has 0 radical (unpaired) electrons. The van der Waals surface area contributed by atoms with E-state index < -0.39 is 18.0 Å². The Morgan fingerprint density at radius 3 is 2.65 bits per heavy atom. The lowest BCUT2D eigenvalue weighted by Gasteiger charge is -2.09. The van der Waals surface area contributed by atoms with E-state index >= 15 is 0 Å². The van der Waals surface area contributed by atoms with Gasteiger partial charge in [0.1, 0.15) is 0 Å². The fraction of sp³-hybridized carbons (Fsp3) is 0.273. The molecule has 90 valence electrons. The van der Waals surface area contributed by atoms with Crippen LogP contribution in [-0.4, -0.2) is 13.1 Å². The molecule has 0 spiro atoms. The molecule has 0 aliphatic heterocycles. The van der Waals surface area contributed by atoms with Crippen molar-refractivity contribution >= 4 is 17.6 Å². The molecule has 0 aliphatic rings. The lowest BCUT2D eigenvalue weighted by Crippen LogP contribution is -2.07. The zero-order chi connectivity index (χ0) is 13.0. The molecular formula is C11H8ClF2NO2. The van der Waals surface area contributed by atoms with Gasteiger partial charge >= 0.3 is 5.97 Å². The first kappa shape index (κ1) is 13.4. The van der Waals surface area contributed by atoms with E-state index in [2.05, 4.69) is 4.74 Å². The van der Waals surface area contributed by atoms with Crippen molar-refractivity contribution in [3.63, 3.8) is 0 Å². The molecule has 0 saturated carbocycles. The third kappa shape index (κ3) is 2.71. The second-order valence-electron chi connectivity index (χ2n) is 3.13. The maximum atomic E-state index is 12.6. The first-order chi connectivity index (χ1) is 8.04. The summed E-state index contributed by atoms with van der Waals surface area (Å²) in [6.07, 6.45) is -2.79. The van der Waals surface area contributed by atoms with Gasteiger partial charge < -0.3 is 4.74 Å². The van der Waals surface area contributed by atoms with E-state index in [1.165, 1.54) is 0 Å². The first-order valence-electron chi connectivity index (χ1n) is 4.54. The highest BCUT2D eigenvalue weighted by Crippen LogP contribution is 2.27. The van der Waals surface area contributed by atoms with E-state index in [9.17, 15) is 13.6 Å². The summed E-state index contributed by atoms with van der Waals surface area (Å²) in [6, 6.07) is 3.75. The topological polar surface area (TPSA) is 50.1 Å². The van der Waals surface area contributed by atoms with Gasteiger partial charge in [0.15, 0.2) is 0 Å². The van der Waals surface area contributed by atoms with Crippen LogP contribution in [0, 0.1) is 11.3 Å². The Balaban J connectivity index is 3.44. The molecule has 0 amide bonds. The molecule has 0 unspecified atom stereocenters. The number of halogens is 3. The molecule has 0 bridgehead atoms. The maximum Gasteiger partial charge on any atom is 0.338 e. The fourth-order valence-electron chi connectivity index (χ4n) is 1.35. The van der Waals surface area contributed by atoms with E-state index in [4.69, 9.17) is 16.9 Å². The number of hydrogen-bond donors (Lipinski definition) is 0. The van der Waals surface area contributed by atoms with Crippen LogP contribution in [0.2, 0.25) is 0 Å². The van der Waals surface area contributed by atoms with Crippen LogP contribution in [0.1, 0.15) is 33.5 Å². The van der Waals surface area contributed by atoms with Crippen molar-refractivity contribution in [3.05, 3.63) is 34.4 Å². The van der Waals surface area contributed by atoms with Gasteiger partial charge in [-0.25, -0.2) is 13.6 Å². The second kappa shape index (κ2) is 5.60. The van der Waals surface area contributed by atoms with Crippen molar-refractivity contribution < 1.29 is 18.3 Å². The molecule has 17 heavy (non-hydrogen) atoms. The van der Waals surface area contributed by atoms with Crippen molar-refractivity contribution in [3.8, 4) is 6.07 Å². The van der Waals surface area contributed by atoms with Crippen LogP contribution in [0.5, 0.6) is 0 Å². The number of benzene rings is 1. The molecule has 1 rings (SSSR count). The molecule has 0 fully saturated rings. The zero-order valence-corrected chi connectivity index (χ0v) is 9.59. The normalized spacial score (nSPS) is 10.1. The molecule has 0 N–H and O–H groups in total. The third-order valence-corrected chi connectivity index (χ3v) is 2.47. The maximum absolute atomic E-state index is 12.6. The number of alkyl halides is 3. The van der Waals surface area contributed by atoms with Gasteiger partial charge in [-0.2, -0.15) is 5.26 Å². The monoisotopic (exact) mass is 259 g/mol. The molecule has 1 aromatic rings. The van der Waals surface area contributed by atoms with Gasteiger partial charge in [-0.15, -0.1) is 11.6 Å². The summed E-state index contributed by atoms with van der Waals surface area (Å²) < 4.78 is 29.8. The van der Waals surface area contributed by atoms with Gasteiger partial charge in [0.05, 0.1) is 24.3 Å². The lowest BCUT2D eigenvalue weighted by atomic mass is 10.00. The van der Waals surface area contributed by atoms with Crippen LogP contribution in [0.3, 0.4) is 0 Å². The van der Waals surface area contributed by atoms with E-state index in [1.54, 1.807) is 6.07 Å². The van der Waals surface area contributed by atoms with Gasteiger partial charge in [-0.05, 0) is 17.7 Å². The summed E-state index contributed by atoms with van der Waals surface area (Å²) in [4.78, 5) is 11.4. The second-order valence-corrected chi connectivity index (χ2v) is 3.40. The standard InChI is InChI=1S/C11H8ClF2NO2/c1-17-11(16)9-3-7(5-15)8(10(13)14)2-6(9)4-12/h2-3,10H,4H2,1H3. The summed E-state index contributed by atoms with van der Waals surface area (Å²) in [7, 11) is 1.16. The highest BCUT2D eigenvalue weighted by atomic mass is 35.5. The van der Waals surface area contributed by atoms with Crippen LogP contribution in [0.15, 0.2) is 12.1 Å². The molecule has 0 aliphatic carbocycles. The highest BCUT2D eigenvalue weighted by molar-refractivity contribution is 6.17. The Kier molecular flexibility index (Phi) is 4.41. The van der Waals surface area contributed by atoms with Crippen LogP contribution in [-0.2, 0) is 10.6 Å². The Morgan fingerprint density at radius 1 is 1.59 bits per heavy atom. The van der Waals surface area contributed by atoms with Gasteiger partial charge in [-0.1, -0.05) is 0 Å². The van der Waals surface area contributed by atoms with Gasteiger partial charge in [-0.3, -0.25) is 0 Å². The molecule has 6 heteroatoms. The van der Waals surface area contributed by atoms with Crippen LogP contribution < -0.4 is 0 Å². The average molecular weight is 260 g/mol. The summed E-state index contributed by atoms with van der Waals surface area (Å²) in [6.45, 7) is 0. The number of esters is 1. The number of hydrogen-bond acceptors (Lipinski definition) is 3. The van der Waals surface area contributed by atoms with E-state index in [0.29, 0.717) is 0 Å². The minimum Gasteiger partial charge on any atom is -0.465 e. The van der Waals surface area contributed by atoms with Crippen molar-refractivity contribution in [1.29, 1.82) is 5.26 Å². The fourth-order valence-corrected chi connectivity index (χ4v) is 1.57. The van der Waals surface area contributed by atoms with E-state index in [0.717, 1.165) is 19.2 Å².